The van der Waals surface area contributed by atoms with Crippen molar-refractivity contribution in [2.75, 3.05) is 11.5 Å². The second-order valence-electron chi connectivity index (χ2n) is 8.27. The average Bonchev–Trinajstić information content (AvgIpc) is 2.88. The number of nitrogens with zero attached hydrogens (tertiary/aromatic N) is 5. The van der Waals surface area contributed by atoms with Crippen molar-refractivity contribution in [2.24, 2.45) is 0 Å². The number of halogens is 1. The van der Waals surface area contributed by atoms with Crippen LogP contribution in [0.15, 0.2) is 78.0 Å². The van der Waals surface area contributed by atoms with Crippen LogP contribution in [0.2, 0.25) is 0 Å². The van der Waals surface area contributed by atoms with Gasteiger partial charge < -0.3 is 11.5 Å². The Hall–Kier alpha value is -5.10. The van der Waals surface area contributed by atoms with E-state index in [2.05, 4.69) is 15.0 Å². The highest BCUT2D eigenvalue weighted by molar-refractivity contribution is 5.96. The summed E-state index contributed by atoms with van der Waals surface area (Å²) >= 11 is 0. The maximum Gasteiger partial charge on any atom is 0.263 e. The molecule has 0 saturated heterocycles. The predicted molar refractivity (Wildman–Crippen MR) is 142 cm³/mol. The molecule has 0 amide bonds. The Kier molecular flexibility index (Phi) is 7.21. The number of nitriles is 1. The highest BCUT2D eigenvalue weighted by atomic mass is 19.1. The third kappa shape index (κ3) is 5.28. The number of rotatable bonds is 3. The summed E-state index contributed by atoms with van der Waals surface area (Å²) in [6, 6.07) is 17.8. The van der Waals surface area contributed by atoms with Gasteiger partial charge in [-0.3, -0.25) is 14.3 Å². The van der Waals surface area contributed by atoms with E-state index in [4.69, 9.17) is 16.7 Å². The van der Waals surface area contributed by atoms with E-state index < -0.39 is 0 Å². The van der Waals surface area contributed by atoms with Gasteiger partial charge in [-0.15, -0.1) is 0 Å². The number of nitrogens with two attached hydrogens (primary N) is 2. The summed E-state index contributed by atoms with van der Waals surface area (Å²) < 4.78 is 15.4. The van der Waals surface area contributed by atoms with Gasteiger partial charge in [-0.2, -0.15) is 10.2 Å². The molecular formula is C28H24FN7O. The van der Waals surface area contributed by atoms with Crippen molar-refractivity contribution in [1.82, 2.24) is 19.5 Å². The van der Waals surface area contributed by atoms with Gasteiger partial charge in [0.15, 0.2) is 0 Å². The minimum Gasteiger partial charge on any atom is -0.382 e. The Morgan fingerprint density at radius 3 is 2.51 bits per heavy atom. The van der Waals surface area contributed by atoms with Crippen LogP contribution in [0.1, 0.15) is 23.7 Å². The second-order valence-corrected chi connectivity index (χ2v) is 8.27. The van der Waals surface area contributed by atoms with E-state index in [0.717, 1.165) is 27.8 Å². The van der Waals surface area contributed by atoms with E-state index in [1.807, 2.05) is 50.2 Å². The number of benzene rings is 2. The van der Waals surface area contributed by atoms with E-state index in [9.17, 15) is 9.18 Å². The zero-order chi connectivity index (χ0) is 26.5. The topological polar surface area (TPSA) is 136 Å². The number of hydrogen-bond donors (Lipinski definition) is 2. The van der Waals surface area contributed by atoms with Crippen LogP contribution < -0.4 is 17.0 Å². The summed E-state index contributed by atoms with van der Waals surface area (Å²) in [7, 11) is 0. The number of aryl methyl sites for hydroxylation is 2. The number of fused-ring (bicyclic) bond motifs is 1. The quantitative estimate of drug-likeness (QED) is 0.375. The Morgan fingerprint density at radius 2 is 1.84 bits per heavy atom. The molecule has 0 bridgehead atoms. The van der Waals surface area contributed by atoms with E-state index >= 15 is 0 Å². The first-order valence-corrected chi connectivity index (χ1v) is 11.5. The fraction of sp³-hybridized carbons (Fsp3) is 0.107. The predicted octanol–water partition coefficient (Wildman–Crippen LogP) is 4.58. The molecule has 0 aliphatic heterocycles. The molecule has 0 atom stereocenters. The minimum atomic E-state index is -0.363. The fourth-order valence-corrected chi connectivity index (χ4v) is 4.01. The first-order chi connectivity index (χ1) is 17.8. The van der Waals surface area contributed by atoms with Gasteiger partial charge in [0.1, 0.15) is 23.3 Å². The molecule has 8 nitrogen and oxygen atoms in total. The van der Waals surface area contributed by atoms with Gasteiger partial charge in [0, 0.05) is 23.7 Å². The van der Waals surface area contributed by atoms with E-state index in [-0.39, 0.29) is 28.7 Å². The van der Waals surface area contributed by atoms with Crippen molar-refractivity contribution in [1.29, 1.82) is 5.26 Å². The van der Waals surface area contributed by atoms with Gasteiger partial charge in [0.2, 0.25) is 5.95 Å². The van der Waals surface area contributed by atoms with Gasteiger partial charge in [0.25, 0.3) is 5.56 Å². The smallest absolute Gasteiger partial charge is 0.263 e. The molecule has 0 fully saturated rings. The van der Waals surface area contributed by atoms with Crippen LogP contribution in [0.3, 0.4) is 0 Å². The maximum atomic E-state index is 13.8. The average molecular weight is 494 g/mol. The van der Waals surface area contributed by atoms with Crippen molar-refractivity contribution in [3.8, 4) is 22.9 Å². The van der Waals surface area contributed by atoms with Crippen molar-refractivity contribution in [3.63, 3.8) is 0 Å². The Labute approximate surface area is 212 Å². The van der Waals surface area contributed by atoms with Gasteiger partial charge in [-0.25, -0.2) is 9.37 Å². The van der Waals surface area contributed by atoms with E-state index in [1.54, 1.807) is 29.1 Å². The highest BCUT2D eigenvalue weighted by Crippen LogP contribution is 2.28. The number of pyridine rings is 2. The van der Waals surface area contributed by atoms with Crippen LogP contribution in [-0.2, 0) is 6.42 Å². The van der Waals surface area contributed by atoms with Crippen LogP contribution in [0, 0.1) is 24.1 Å². The Bertz CT molecular complexity index is 1710. The number of nitrogen functional groups attached to an aromatic ring is 2. The van der Waals surface area contributed by atoms with Crippen molar-refractivity contribution >= 4 is 22.5 Å². The van der Waals surface area contributed by atoms with Crippen LogP contribution in [-0.4, -0.2) is 19.5 Å². The van der Waals surface area contributed by atoms with Gasteiger partial charge >= 0.3 is 0 Å². The fourth-order valence-electron chi connectivity index (χ4n) is 4.01. The molecule has 3 aromatic heterocycles. The molecule has 0 aliphatic carbocycles. The molecule has 0 unspecified atom stereocenters. The molecule has 184 valence electrons. The lowest BCUT2D eigenvalue weighted by atomic mass is 9.99. The molecule has 37 heavy (non-hydrogen) atoms. The summed E-state index contributed by atoms with van der Waals surface area (Å²) in [4.78, 5) is 24.9. The molecule has 0 aliphatic rings. The molecule has 0 spiro atoms. The highest BCUT2D eigenvalue weighted by Gasteiger charge is 2.15. The maximum absolute atomic E-state index is 13.8. The standard InChI is InChI=1S/C23H19FN2O.C5H5N5/c1-3-19-11-16-6-4-9-21(17-10-15(2)13-25-14-17)22(16)23(27)26(19)20-8-5-7-18(24)12-20;6-1-3-2-9-5(8)10-4(3)7/h4-14H,3H2,1-2H3;2H,(H4,7,8,9,10). The monoisotopic (exact) mass is 493 g/mol. The molecule has 9 heteroatoms. The van der Waals surface area contributed by atoms with Gasteiger partial charge in [-0.05, 0) is 60.2 Å². The molecule has 5 rings (SSSR count). The van der Waals surface area contributed by atoms with Crippen LogP contribution in [0.4, 0.5) is 16.2 Å². The summed E-state index contributed by atoms with van der Waals surface area (Å²) in [6.45, 7) is 3.96. The van der Waals surface area contributed by atoms with Gasteiger partial charge in [0.05, 0.1) is 17.3 Å². The normalized spacial score (nSPS) is 10.4. The zero-order valence-electron chi connectivity index (χ0n) is 20.3. The molecule has 2 aromatic carbocycles. The van der Waals surface area contributed by atoms with Crippen molar-refractivity contribution < 1.29 is 4.39 Å². The summed E-state index contributed by atoms with van der Waals surface area (Å²) in [6.07, 6.45) is 5.51. The largest absolute Gasteiger partial charge is 0.382 e. The first-order valence-electron chi connectivity index (χ1n) is 11.5. The van der Waals surface area contributed by atoms with Crippen LogP contribution in [0.25, 0.3) is 27.6 Å². The zero-order valence-corrected chi connectivity index (χ0v) is 20.3. The van der Waals surface area contributed by atoms with Crippen LogP contribution >= 0.6 is 0 Å². The number of aromatic nitrogens is 4. The number of hydrogen-bond acceptors (Lipinski definition) is 7. The van der Waals surface area contributed by atoms with E-state index in [0.29, 0.717) is 17.5 Å². The lowest BCUT2D eigenvalue weighted by Crippen LogP contribution is -2.22. The first kappa shape index (κ1) is 25.0. The van der Waals surface area contributed by atoms with Crippen LogP contribution in [0.5, 0.6) is 0 Å². The van der Waals surface area contributed by atoms with Crippen molar-refractivity contribution in [3.05, 3.63) is 106 Å². The molecule has 3 heterocycles. The Morgan fingerprint density at radius 1 is 1.05 bits per heavy atom. The lowest BCUT2D eigenvalue weighted by Gasteiger charge is -2.15. The summed E-state index contributed by atoms with van der Waals surface area (Å²) in [5.74, 6) is -0.163. The molecule has 5 aromatic rings. The lowest BCUT2D eigenvalue weighted by molar-refractivity contribution is 0.626. The summed E-state index contributed by atoms with van der Waals surface area (Å²) in [5.41, 5.74) is 14.7. The Balaban J connectivity index is 0.000000270. The molecule has 4 N–H and O–H groups in total. The molecular weight excluding hydrogens is 469 g/mol. The molecule has 0 radical (unpaired) electrons. The second kappa shape index (κ2) is 10.7. The SMILES string of the molecule is CCc1cc2cccc(-c3cncc(C)c3)c2c(=O)n1-c1cccc(F)c1.N#Cc1cnc(N)nc1N. The van der Waals surface area contributed by atoms with E-state index in [1.165, 1.54) is 18.3 Å². The summed E-state index contributed by atoms with van der Waals surface area (Å²) in [5, 5.41) is 9.85. The third-order valence-corrected chi connectivity index (χ3v) is 5.69. The third-order valence-electron chi connectivity index (χ3n) is 5.69. The minimum absolute atomic E-state index is 0.0801. The van der Waals surface area contributed by atoms with Crippen molar-refractivity contribution in [2.45, 2.75) is 20.3 Å². The van der Waals surface area contributed by atoms with Gasteiger partial charge in [-0.1, -0.05) is 31.2 Å². The number of anilines is 2. The molecule has 0 saturated carbocycles.